The third-order valence-corrected chi connectivity index (χ3v) is 4.10. The van der Waals surface area contributed by atoms with Crippen LogP contribution in [-0.4, -0.2) is 29.5 Å². The first-order valence-electron chi connectivity index (χ1n) is 8.15. The number of carbonyl (C=O) groups is 1. The molecule has 1 aliphatic heterocycles. The van der Waals surface area contributed by atoms with E-state index in [1.54, 1.807) is 19.4 Å². The molecule has 0 aliphatic carbocycles. The van der Waals surface area contributed by atoms with Crippen molar-refractivity contribution in [3.8, 4) is 5.75 Å². The fraction of sp³-hybridized carbons (Fsp3) is 0.389. The van der Waals surface area contributed by atoms with Crippen molar-refractivity contribution in [1.82, 2.24) is 15.3 Å². The van der Waals surface area contributed by atoms with E-state index in [1.807, 2.05) is 25.1 Å². The zero-order valence-corrected chi connectivity index (χ0v) is 14.0. The van der Waals surface area contributed by atoms with Gasteiger partial charge in [0.1, 0.15) is 17.4 Å². The van der Waals surface area contributed by atoms with Crippen LogP contribution in [0.4, 0.5) is 5.82 Å². The average molecular weight is 326 g/mol. The normalized spacial score (nSPS) is 16.8. The maximum absolute atomic E-state index is 12.4. The Morgan fingerprint density at radius 2 is 2.29 bits per heavy atom. The largest absolute Gasteiger partial charge is 0.496 e. The van der Waals surface area contributed by atoms with Crippen LogP contribution in [-0.2, 0) is 11.2 Å². The zero-order chi connectivity index (χ0) is 16.9. The lowest BCUT2D eigenvalue weighted by Gasteiger charge is -2.12. The number of hydrogen-bond donors (Lipinski definition) is 2. The Hall–Kier alpha value is -2.47. The van der Waals surface area contributed by atoms with Gasteiger partial charge in [0.05, 0.1) is 19.6 Å². The third-order valence-electron chi connectivity index (χ3n) is 4.10. The van der Waals surface area contributed by atoms with Gasteiger partial charge in [-0.1, -0.05) is 17.7 Å². The first-order chi connectivity index (χ1) is 11.7. The Morgan fingerprint density at radius 3 is 3.04 bits per heavy atom. The molecule has 6 heteroatoms. The molecule has 6 nitrogen and oxygen atoms in total. The molecule has 3 rings (SSSR count). The van der Waals surface area contributed by atoms with Crippen molar-refractivity contribution in [1.29, 1.82) is 0 Å². The van der Waals surface area contributed by atoms with E-state index in [1.165, 1.54) is 0 Å². The average Bonchev–Trinajstić information content (AvgIpc) is 3.10. The highest BCUT2D eigenvalue weighted by atomic mass is 16.5. The molecule has 1 amide bonds. The molecule has 0 radical (unpaired) electrons. The SMILES string of the molecule is COc1ccc(C)cc1CC(=O)Nc1ccnc(C2CCCN2)n1. The second-order valence-corrected chi connectivity index (χ2v) is 5.99. The van der Waals surface area contributed by atoms with Crippen LogP contribution in [0.5, 0.6) is 5.75 Å². The molecule has 0 bridgehead atoms. The summed E-state index contributed by atoms with van der Waals surface area (Å²) in [5.41, 5.74) is 1.96. The number of methoxy groups -OCH3 is 1. The molecule has 1 aliphatic rings. The third kappa shape index (κ3) is 3.89. The molecule has 0 saturated carbocycles. The van der Waals surface area contributed by atoms with Crippen LogP contribution in [0.2, 0.25) is 0 Å². The first-order valence-corrected chi connectivity index (χ1v) is 8.15. The number of hydrogen-bond acceptors (Lipinski definition) is 5. The minimum Gasteiger partial charge on any atom is -0.496 e. The number of ether oxygens (including phenoxy) is 1. The van der Waals surface area contributed by atoms with Crippen molar-refractivity contribution in [2.75, 3.05) is 19.0 Å². The van der Waals surface area contributed by atoms with Crippen LogP contribution in [0.15, 0.2) is 30.5 Å². The van der Waals surface area contributed by atoms with Crippen molar-refractivity contribution < 1.29 is 9.53 Å². The summed E-state index contributed by atoms with van der Waals surface area (Å²) in [5.74, 6) is 1.86. The molecule has 1 atom stereocenters. The van der Waals surface area contributed by atoms with Crippen molar-refractivity contribution in [2.45, 2.75) is 32.2 Å². The summed E-state index contributed by atoms with van der Waals surface area (Å²) < 4.78 is 5.32. The molecule has 1 saturated heterocycles. The Kier molecular flexibility index (Phi) is 5.05. The number of nitrogens with one attached hydrogen (secondary N) is 2. The van der Waals surface area contributed by atoms with E-state index in [4.69, 9.17) is 4.74 Å². The van der Waals surface area contributed by atoms with Crippen LogP contribution in [0.3, 0.4) is 0 Å². The number of anilines is 1. The van der Waals surface area contributed by atoms with Crippen LogP contribution < -0.4 is 15.4 Å². The van der Waals surface area contributed by atoms with Gasteiger partial charge < -0.3 is 15.4 Å². The summed E-state index contributed by atoms with van der Waals surface area (Å²) in [5, 5.41) is 6.21. The minimum atomic E-state index is -0.122. The molecular weight excluding hydrogens is 304 g/mol. The van der Waals surface area contributed by atoms with E-state index >= 15 is 0 Å². The van der Waals surface area contributed by atoms with Gasteiger partial charge in [-0.3, -0.25) is 4.79 Å². The molecule has 1 aromatic heterocycles. The maximum Gasteiger partial charge on any atom is 0.230 e. The lowest BCUT2D eigenvalue weighted by Crippen LogP contribution is -2.19. The topological polar surface area (TPSA) is 76.1 Å². The molecule has 24 heavy (non-hydrogen) atoms. The lowest BCUT2D eigenvalue weighted by molar-refractivity contribution is -0.115. The Balaban J connectivity index is 1.69. The minimum absolute atomic E-state index is 0.122. The smallest absolute Gasteiger partial charge is 0.230 e. The van der Waals surface area contributed by atoms with E-state index in [0.29, 0.717) is 11.6 Å². The quantitative estimate of drug-likeness (QED) is 0.882. The van der Waals surface area contributed by atoms with Crippen molar-refractivity contribution >= 4 is 11.7 Å². The van der Waals surface area contributed by atoms with Crippen LogP contribution >= 0.6 is 0 Å². The van der Waals surface area contributed by atoms with Gasteiger partial charge in [-0.25, -0.2) is 9.97 Å². The Morgan fingerprint density at radius 1 is 1.42 bits per heavy atom. The van der Waals surface area contributed by atoms with Crippen molar-refractivity contribution in [3.63, 3.8) is 0 Å². The summed E-state index contributed by atoms with van der Waals surface area (Å²) in [4.78, 5) is 21.1. The Bertz CT molecular complexity index is 727. The standard InChI is InChI=1S/C18H22N4O2/c1-12-5-6-15(24-2)13(10-12)11-17(23)21-16-7-9-20-18(22-16)14-4-3-8-19-14/h5-7,9-10,14,19H,3-4,8,11H2,1-2H3,(H,20,21,22,23). The predicted octanol–water partition coefficient (Wildman–Crippen LogP) is 2.40. The molecule has 1 aromatic carbocycles. The second-order valence-electron chi connectivity index (χ2n) is 5.99. The van der Waals surface area contributed by atoms with Crippen molar-refractivity contribution in [3.05, 3.63) is 47.4 Å². The van der Waals surface area contributed by atoms with E-state index in [-0.39, 0.29) is 18.4 Å². The zero-order valence-electron chi connectivity index (χ0n) is 14.0. The monoisotopic (exact) mass is 326 g/mol. The first kappa shape index (κ1) is 16.4. The van der Waals surface area contributed by atoms with Gasteiger partial charge in [0.15, 0.2) is 0 Å². The fourth-order valence-corrected chi connectivity index (χ4v) is 2.92. The van der Waals surface area contributed by atoms with Gasteiger partial charge in [0.25, 0.3) is 0 Å². The molecule has 1 fully saturated rings. The molecule has 2 heterocycles. The summed E-state index contributed by atoms with van der Waals surface area (Å²) in [6.07, 6.45) is 4.08. The number of amides is 1. The van der Waals surface area contributed by atoms with Gasteiger partial charge in [-0.2, -0.15) is 0 Å². The van der Waals surface area contributed by atoms with E-state index < -0.39 is 0 Å². The highest BCUT2D eigenvalue weighted by molar-refractivity contribution is 5.91. The van der Waals surface area contributed by atoms with Crippen LogP contribution in [0.1, 0.15) is 35.8 Å². The van der Waals surface area contributed by atoms with Crippen molar-refractivity contribution in [2.24, 2.45) is 0 Å². The van der Waals surface area contributed by atoms with Crippen LogP contribution in [0, 0.1) is 6.92 Å². The number of rotatable bonds is 5. The van der Waals surface area contributed by atoms with Gasteiger partial charge in [0, 0.05) is 11.8 Å². The summed E-state index contributed by atoms with van der Waals surface area (Å²) >= 11 is 0. The van der Waals surface area contributed by atoms with Gasteiger partial charge in [0.2, 0.25) is 5.91 Å². The van der Waals surface area contributed by atoms with Gasteiger partial charge in [-0.15, -0.1) is 0 Å². The van der Waals surface area contributed by atoms with E-state index in [0.717, 1.165) is 36.3 Å². The number of aromatic nitrogens is 2. The van der Waals surface area contributed by atoms with E-state index in [2.05, 4.69) is 20.6 Å². The highest BCUT2D eigenvalue weighted by Gasteiger charge is 2.19. The molecule has 0 spiro atoms. The Labute approximate surface area is 141 Å². The highest BCUT2D eigenvalue weighted by Crippen LogP contribution is 2.22. The van der Waals surface area contributed by atoms with Gasteiger partial charge in [-0.05, 0) is 38.4 Å². The lowest BCUT2D eigenvalue weighted by atomic mass is 10.1. The van der Waals surface area contributed by atoms with Gasteiger partial charge >= 0.3 is 0 Å². The van der Waals surface area contributed by atoms with E-state index in [9.17, 15) is 4.79 Å². The number of benzene rings is 1. The number of aryl methyl sites for hydroxylation is 1. The number of carbonyl (C=O) groups excluding carboxylic acids is 1. The van der Waals surface area contributed by atoms with Crippen LogP contribution in [0.25, 0.3) is 0 Å². The second kappa shape index (κ2) is 7.40. The molecule has 2 aromatic rings. The molecular formula is C18H22N4O2. The predicted molar refractivity (Wildman–Crippen MR) is 92.1 cm³/mol. The summed E-state index contributed by atoms with van der Waals surface area (Å²) in [7, 11) is 1.61. The molecule has 2 N–H and O–H groups in total. The fourth-order valence-electron chi connectivity index (χ4n) is 2.92. The maximum atomic E-state index is 12.4. The molecule has 1 unspecified atom stereocenters. The molecule has 126 valence electrons. The number of nitrogens with zero attached hydrogens (tertiary/aromatic N) is 2. The summed E-state index contributed by atoms with van der Waals surface area (Å²) in [6, 6.07) is 7.70. The summed E-state index contributed by atoms with van der Waals surface area (Å²) in [6.45, 7) is 2.98.